The lowest BCUT2D eigenvalue weighted by Gasteiger charge is -2.33. The minimum absolute atomic E-state index is 0.153. The van der Waals surface area contributed by atoms with Gasteiger partial charge >= 0.3 is 18.0 Å². The zero-order chi connectivity index (χ0) is 19.8. The number of ether oxygens (including phenoxy) is 2. The summed E-state index contributed by atoms with van der Waals surface area (Å²) in [5.41, 5.74) is 0.639. The maximum atomic E-state index is 12.8. The molecule has 0 heterocycles. The lowest BCUT2D eigenvalue weighted by molar-refractivity contribution is 0.0599. The number of rotatable bonds is 6. The van der Waals surface area contributed by atoms with E-state index in [1.165, 1.54) is 38.8 Å². The lowest BCUT2D eigenvalue weighted by atomic mass is 9.94. The van der Waals surface area contributed by atoms with Gasteiger partial charge in [0.2, 0.25) is 0 Å². The molecule has 0 unspecified atom stereocenters. The summed E-state index contributed by atoms with van der Waals surface area (Å²) in [6.07, 6.45) is 6.97. The van der Waals surface area contributed by atoms with E-state index in [1.54, 1.807) is 11.0 Å². The fourth-order valence-corrected chi connectivity index (χ4v) is 3.30. The third-order valence-electron chi connectivity index (χ3n) is 4.63. The molecule has 1 aliphatic carbocycles. The van der Waals surface area contributed by atoms with Crippen LogP contribution in [0.25, 0.3) is 0 Å². The molecule has 0 aromatic heterocycles. The lowest BCUT2D eigenvalue weighted by Crippen LogP contribution is -2.44. The monoisotopic (exact) mass is 374 g/mol. The van der Waals surface area contributed by atoms with E-state index in [-0.39, 0.29) is 23.2 Å². The topological polar surface area (TPSA) is 84.9 Å². The Morgan fingerprint density at radius 2 is 1.63 bits per heavy atom. The van der Waals surface area contributed by atoms with Crippen LogP contribution in [0.1, 0.15) is 52.8 Å². The smallest absolute Gasteiger partial charge is 0.337 e. The number of urea groups is 1. The summed E-state index contributed by atoms with van der Waals surface area (Å²) in [4.78, 5) is 38.4. The Balaban J connectivity index is 2.26. The van der Waals surface area contributed by atoms with Crippen molar-refractivity contribution in [3.63, 3.8) is 0 Å². The summed E-state index contributed by atoms with van der Waals surface area (Å²) in [5.74, 6) is -1.21. The summed E-state index contributed by atoms with van der Waals surface area (Å²) in [5, 5.41) is 2.79. The minimum Gasteiger partial charge on any atom is -0.465 e. The van der Waals surface area contributed by atoms with E-state index < -0.39 is 11.9 Å². The van der Waals surface area contributed by atoms with Gasteiger partial charge in [-0.15, -0.1) is 6.58 Å². The molecule has 0 atom stereocenters. The van der Waals surface area contributed by atoms with Gasteiger partial charge in [-0.2, -0.15) is 0 Å². The van der Waals surface area contributed by atoms with Gasteiger partial charge in [0.05, 0.1) is 25.3 Å². The number of carbonyl (C=O) groups excluding carboxylic acids is 3. The highest BCUT2D eigenvalue weighted by Gasteiger charge is 2.25. The van der Waals surface area contributed by atoms with Crippen molar-refractivity contribution in [1.82, 2.24) is 4.90 Å². The summed E-state index contributed by atoms with van der Waals surface area (Å²) >= 11 is 0. The largest absolute Gasteiger partial charge is 0.465 e. The van der Waals surface area contributed by atoms with E-state index in [9.17, 15) is 14.4 Å². The highest BCUT2D eigenvalue weighted by atomic mass is 16.5. The molecule has 1 N–H and O–H groups in total. The van der Waals surface area contributed by atoms with E-state index in [0.29, 0.717) is 12.2 Å². The van der Waals surface area contributed by atoms with Crippen LogP contribution in [0.4, 0.5) is 10.5 Å². The second-order valence-electron chi connectivity index (χ2n) is 6.45. The number of esters is 2. The highest BCUT2D eigenvalue weighted by molar-refractivity contribution is 5.99. The molecule has 1 fully saturated rings. The molecular formula is C20H26N2O5. The standard InChI is InChI=1S/C20H26N2O5/c1-4-10-22(17-8-6-5-7-9-17)20(25)21-16-12-14(18(23)26-2)11-15(13-16)19(24)27-3/h4,11-13,17H,1,5-10H2,2-3H3,(H,21,25). The molecule has 1 aromatic carbocycles. The zero-order valence-corrected chi connectivity index (χ0v) is 15.8. The second kappa shape index (κ2) is 9.75. The number of hydrogen-bond acceptors (Lipinski definition) is 5. The maximum absolute atomic E-state index is 12.8. The van der Waals surface area contributed by atoms with Crippen molar-refractivity contribution in [1.29, 1.82) is 0 Å². The Hall–Kier alpha value is -2.83. The molecular weight excluding hydrogens is 348 g/mol. The number of nitrogens with one attached hydrogen (secondary N) is 1. The van der Waals surface area contributed by atoms with Crippen LogP contribution >= 0.6 is 0 Å². The average Bonchev–Trinajstić information content (AvgIpc) is 2.70. The van der Waals surface area contributed by atoms with Crippen molar-refractivity contribution in [3.8, 4) is 0 Å². The van der Waals surface area contributed by atoms with Crippen LogP contribution < -0.4 is 5.32 Å². The van der Waals surface area contributed by atoms with Crippen molar-refractivity contribution in [2.24, 2.45) is 0 Å². The van der Waals surface area contributed by atoms with Crippen LogP contribution in [0.2, 0.25) is 0 Å². The molecule has 2 amide bonds. The molecule has 7 nitrogen and oxygen atoms in total. The second-order valence-corrected chi connectivity index (χ2v) is 6.45. The number of benzene rings is 1. The summed E-state index contributed by atoms with van der Waals surface area (Å²) in [6, 6.07) is 4.18. The van der Waals surface area contributed by atoms with Gasteiger partial charge in [0.15, 0.2) is 0 Å². The number of nitrogens with zero attached hydrogens (tertiary/aromatic N) is 1. The minimum atomic E-state index is -0.605. The highest BCUT2D eigenvalue weighted by Crippen LogP contribution is 2.24. The van der Waals surface area contributed by atoms with Crippen LogP contribution in [-0.4, -0.2) is 49.7 Å². The molecule has 7 heteroatoms. The molecule has 146 valence electrons. The van der Waals surface area contributed by atoms with E-state index in [1.807, 2.05) is 0 Å². The van der Waals surface area contributed by atoms with Gasteiger partial charge in [-0.1, -0.05) is 25.3 Å². The number of anilines is 1. The molecule has 2 rings (SSSR count). The Bertz CT molecular complexity index is 676. The molecule has 0 bridgehead atoms. The van der Waals surface area contributed by atoms with Gasteiger partial charge in [0.1, 0.15) is 0 Å². The summed E-state index contributed by atoms with van der Waals surface area (Å²) < 4.78 is 9.44. The van der Waals surface area contributed by atoms with E-state index in [0.717, 1.165) is 25.7 Å². The quantitative estimate of drug-likeness (QED) is 0.607. The normalized spacial score (nSPS) is 14.1. The first kappa shape index (κ1) is 20.5. The Kier molecular flexibility index (Phi) is 7.40. The van der Waals surface area contributed by atoms with E-state index in [2.05, 4.69) is 11.9 Å². The Morgan fingerprint density at radius 3 is 2.11 bits per heavy atom. The maximum Gasteiger partial charge on any atom is 0.337 e. The van der Waals surface area contributed by atoms with Crippen LogP contribution in [0.5, 0.6) is 0 Å². The predicted octanol–water partition coefficient (Wildman–Crippen LogP) is 3.61. The van der Waals surface area contributed by atoms with Crippen LogP contribution in [0, 0.1) is 0 Å². The number of hydrogen-bond donors (Lipinski definition) is 1. The first-order chi connectivity index (χ1) is 13.0. The zero-order valence-electron chi connectivity index (χ0n) is 15.8. The van der Waals surface area contributed by atoms with Gasteiger partial charge in [0, 0.05) is 18.3 Å². The molecule has 0 radical (unpaired) electrons. The molecule has 1 saturated carbocycles. The molecule has 0 aliphatic heterocycles. The fraction of sp³-hybridized carbons (Fsp3) is 0.450. The molecule has 0 saturated heterocycles. The Labute approximate surface area is 159 Å². The molecule has 27 heavy (non-hydrogen) atoms. The van der Waals surface area contributed by atoms with E-state index in [4.69, 9.17) is 9.47 Å². The third kappa shape index (κ3) is 5.32. The fourth-order valence-electron chi connectivity index (χ4n) is 3.30. The number of amides is 2. The first-order valence-electron chi connectivity index (χ1n) is 9.00. The SMILES string of the molecule is C=CCN(C(=O)Nc1cc(C(=O)OC)cc(C(=O)OC)c1)C1CCCCC1. The van der Waals surface area contributed by atoms with Crippen molar-refractivity contribution < 1.29 is 23.9 Å². The van der Waals surface area contributed by atoms with Gasteiger partial charge in [-0.25, -0.2) is 14.4 Å². The average molecular weight is 374 g/mol. The molecule has 1 aromatic rings. The van der Waals surface area contributed by atoms with Gasteiger partial charge in [-0.05, 0) is 31.0 Å². The Morgan fingerprint density at radius 1 is 1.07 bits per heavy atom. The predicted molar refractivity (Wildman–Crippen MR) is 102 cm³/mol. The number of methoxy groups -OCH3 is 2. The van der Waals surface area contributed by atoms with Crippen molar-refractivity contribution in [3.05, 3.63) is 42.0 Å². The first-order valence-corrected chi connectivity index (χ1v) is 9.00. The van der Waals surface area contributed by atoms with Gasteiger partial charge in [0.25, 0.3) is 0 Å². The third-order valence-corrected chi connectivity index (χ3v) is 4.63. The van der Waals surface area contributed by atoms with Crippen molar-refractivity contribution in [2.75, 3.05) is 26.1 Å². The van der Waals surface area contributed by atoms with Crippen LogP contribution in [0.3, 0.4) is 0 Å². The van der Waals surface area contributed by atoms with Gasteiger partial charge < -0.3 is 19.7 Å². The summed E-state index contributed by atoms with van der Waals surface area (Å²) in [7, 11) is 2.50. The van der Waals surface area contributed by atoms with Gasteiger partial charge in [-0.3, -0.25) is 0 Å². The van der Waals surface area contributed by atoms with Crippen LogP contribution in [-0.2, 0) is 9.47 Å². The summed E-state index contributed by atoms with van der Waals surface area (Å²) in [6.45, 7) is 4.17. The van der Waals surface area contributed by atoms with Crippen LogP contribution in [0.15, 0.2) is 30.9 Å². The van der Waals surface area contributed by atoms with E-state index >= 15 is 0 Å². The molecule has 0 spiro atoms. The molecule has 1 aliphatic rings. The van der Waals surface area contributed by atoms with Crippen molar-refractivity contribution in [2.45, 2.75) is 38.1 Å². The number of carbonyl (C=O) groups is 3. The van der Waals surface area contributed by atoms with Crippen molar-refractivity contribution >= 4 is 23.7 Å².